The zero-order chi connectivity index (χ0) is 10.8. The molecule has 0 radical (unpaired) electrons. The van der Waals surface area contributed by atoms with Crippen molar-refractivity contribution in [2.75, 3.05) is 19.0 Å². The summed E-state index contributed by atoms with van der Waals surface area (Å²) in [4.78, 5) is 6.12. The van der Waals surface area contributed by atoms with E-state index < -0.39 is 0 Å². The molecule has 4 nitrogen and oxygen atoms in total. The first kappa shape index (κ1) is 10.2. The van der Waals surface area contributed by atoms with Crippen molar-refractivity contribution in [2.45, 2.75) is 0 Å². The van der Waals surface area contributed by atoms with Crippen molar-refractivity contribution in [3.8, 4) is 11.5 Å². The van der Waals surface area contributed by atoms with Gasteiger partial charge in [0.15, 0.2) is 0 Å². The molecule has 0 bridgehead atoms. The molecule has 0 aliphatic heterocycles. The van der Waals surface area contributed by atoms with E-state index in [4.69, 9.17) is 4.52 Å². The van der Waals surface area contributed by atoms with E-state index in [-0.39, 0.29) is 0 Å². The molecule has 0 fully saturated rings. The third kappa shape index (κ3) is 2.18. The maximum Gasteiger partial charge on any atom is 0.258 e. The fourth-order valence-corrected chi connectivity index (χ4v) is 1.47. The standard InChI is InChI=1S/C10H10BrN3O/c1-14(2)8-5-3-4-7(6-8)9-12-10(11)13-15-9/h3-6H,1-2H3. The summed E-state index contributed by atoms with van der Waals surface area (Å²) in [5.41, 5.74) is 2.02. The lowest BCUT2D eigenvalue weighted by atomic mass is 10.2. The van der Waals surface area contributed by atoms with E-state index in [2.05, 4.69) is 26.1 Å². The summed E-state index contributed by atoms with van der Waals surface area (Å²) in [6.45, 7) is 0. The van der Waals surface area contributed by atoms with Gasteiger partial charge >= 0.3 is 0 Å². The molecule has 2 rings (SSSR count). The van der Waals surface area contributed by atoms with E-state index in [0.717, 1.165) is 11.3 Å². The number of rotatable bonds is 2. The molecule has 0 N–H and O–H groups in total. The minimum absolute atomic E-state index is 0.466. The van der Waals surface area contributed by atoms with Gasteiger partial charge in [0, 0.05) is 25.3 Å². The van der Waals surface area contributed by atoms with E-state index >= 15 is 0 Å². The van der Waals surface area contributed by atoms with Gasteiger partial charge in [0.05, 0.1) is 0 Å². The van der Waals surface area contributed by atoms with Crippen molar-refractivity contribution >= 4 is 21.6 Å². The van der Waals surface area contributed by atoms with Gasteiger partial charge in [0.1, 0.15) is 0 Å². The summed E-state index contributed by atoms with van der Waals surface area (Å²) >= 11 is 3.15. The van der Waals surface area contributed by atoms with E-state index in [1.165, 1.54) is 0 Å². The molecule has 0 atom stereocenters. The quantitative estimate of drug-likeness (QED) is 0.839. The van der Waals surface area contributed by atoms with Crippen LogP contribution in [0.3, 0.4) is 0 Å². The largest absolute Gasteiger partial charge is 0.378 e. The van der Waals surface area contributed by atoms with Crippen molar-refractivity contribution in [1.82, 2.24) is 10.1 Å². The summed E-state index contributed by atoms with van der Waals surface area (Å²) in [5, 5.41) is 3.68. The van der Waals surface area contributed by atoms with Gasteiger partial charge in [-0.3, -0.25) is 0 Å². The SMILES string of the molecule is CN(C)c1cccc(-c2nc(Br)no2)c1. The molecule has 1 aromatic carbocycles. The highest BCUT2D eigenvalue weighted by Crippen LogP contribution is 2.23. The lowest BCUT2D eigenvalue weighted by Crippen LogP contribution is -2.08. The Balaban J connectivity index is 2.41. The van der Waals surface area contributed by atoms with Crippen LogP contribution < -0.4 is 4.90 Å². The second-order valence-corrected chi connectivity index (χ2v) is 4.02. The Morgan fingerprint density at radius 3 is 2.73 bits per heavy atom. The van der Waals surface area contributed by atoms with E-state index in [1.807, 2.05) is 43.3 Å². The Morgan fingerprint density at radius 1 is 1.33 bits per heavy atom. The molecule has 15 heavy (non-hydrogen) atoms. The number of aromatic nitrogens is 2. The predicted molar refractivity (Wildman–Crippen MR) is 61.8 cm³/mol. The van der Waals surface area contributed by atoms with Crippen molar-refractivity contribution in [2.24, 2.45) is 0 Å². The summed E-state index contributed by atoms with van der Waals surface area (Å²) < 4.78 is 5.52. The molecule has 78 valence electrons. The molecule has 0 amide bonds. The molecule has 1 aromatic heterocycles. The summed E-state index contributed by atoms with van der Waals surface area (Å²) in [5.74, 6) is 0.519. The Labute approximate surface area is 96.0 Å². The third-order valence-corrected chi connectivity index (χ3v) is 2.33. The monoisotopic (exact) mass is 267 g/mol. The van der Waals surface area contributed by atoms with Crippen LogP contribution in [0.15, 0.2) is 33.5 Å². The molecule has 0 aliphatic rings. The van der Waals surface area contributed by atoms with Gasteiger partial charge in [-0.25, -0.2) is 0 Å². The van der Waals surface area contributed by atoms with Crippen LogP contribution in [0.1, 0.15) is 0 Å². The third-order valence-electron chi connectivity index (χ3n) is 2.01. The zero-order valence-electron chi connectivity index (χ0n) is 8.44. The summed E-state index contributed by atoms with van der Waals surface area (Å²) in [6.07, 6.45) is 0. The van der Waals surface area contributed by atoms with E-state index in [1.54, 1.807) is 0 Å². The molecule has 0 aliphatic carbocycles. The van der Waals surface area contributed by atoms with Crippen molar-refractivity contribution in [3.05, 3.63) is 29.0 Å². The highest BCUT2D eigenvalue weighted by Gasteiger charge is 2.07. The van der Waals surface area contributed by atoms with Crippen LogP contribution in [0, 0.1) is 0 Å². The average Bonchev–Trinajstić information content (AvgIpc) is 2.65. The highest BCUT2D eigenvalue weighted by molar-refractivity contribution is 9.10. The predicted octanol–water partition coefficient (Wildman–Crippen LogP) is 2.57. The topological polar surface area (TPSA) is 42.2 Å². The fraction of sp³-hybridized carbons (Fsp3) is 0.200. The van der Waals surface area contributed by atoms with Crippen LogP contribution >= 0.6 is 15.9 Å². The average molecular weight is 268 g/mol. The van der Waals surface area contributed by atoms with E-state index in [0.29, 0.717) is 10.6 Å². The maximum atomic E-state index is 5.06. The minimum atomic E-state index is 0.466. The molecule has 0 saturated heterocycles. The van der Waals surface area contributed by atoms with Crippen molar-refractivity contribution in [1.29, 1.82) is 0 Å². The molecule has 2 aromatic rings. The zero-order valence-corrected chi connectivity index (χ0v) is 10.0. The first-order valence-corrected chi connectivity index (χ1v) is 5.23. The van der Waals surface area contributed by atoms with Crippen LogP contribution in [0.4, 0.5) is 5.69 Å². The number of benzene rings is 1. The number of hydrogen-bond donors (Lipinski definition) is 0. The molecule has 0 unspecified atom stereocenters. The van der Waals surface area contributed by atoms with E-state index in [9.17, 15) is 0 Å². The Bertz CT molecular complexity index is 467. The Hall–Kier alpha value is -1.36. The number of hydrogen-bond acceptors (Lipinski definition) is 4. The lowest BCUT2D eigenvalue weighted by molar-refractivity contribution is 0.426. The lowest BCUT2D eigenvalue weighted by Gasteiger charge is -2.12. The minimum Gasteiger partial charge on any atom is -0.378 e. The van der Waals surface area contributed by atoms with Gasteiger partial charge in [-0.1, -0.05) is 6.07 Å². The Morgan fingerprint density at radius 2 is 2.13 bits per heavy atom. The van der Waals surface area contributed by atoms with Crippen molar-refractivity contribution < 1.29 is 4.52 Å². The molecule has 0 saturated carbocycles. The highest BCUT2D eigenvalue weighted by atomic mass is 79.9. The molecular formula is C10H10BrN3O. The number of halogens is 1. The van der Waals surface area contributed by atoms with Gasteiger partial charge in [0.25, 0.3) is 5.89 Å². The van der Waals surface area contributed by atoms with Gasteiger partial charge < -0.3 is 9.42 Å². The molecule has 1 heterocycles. The maximum absolute atomic E-state index is 5.06. The van der Waals surface area contributed by atoms with Crippen LogP contribution in [-0.2, 0) is 0 Å². The van der Waals surface area contributed by atoms with Gasteiger partial charge in [0.2, 0.25) is 4.73 Å². The molecular weight excluding hydrogens is 258 g/mol. The Kier molecular flexibility index (Phi) is 2.73. The molecule has 0 spiro atoms. The number of nitrogens with zero attached hydrogens (tertiary/aromatic N) is 3. The van der Waals surface area contributed by atoms with Crippen LogP contribution in [-0.4, -0.2) is 24.2 Å². The second-order valence-electron chi connectivity index (χ2n) is 3.31. The second kappa shape index (κ2) is 4.02. The van der Waals surface area contributed by atoms with Gasteiger partial charge in [-0.2, -0.15) is 4.98 Å². The smallest absolute Gasteiger partial charge is 0.258 e. The van der Waals surface area contributed by atoms with Crippen molar-refractivity contribution in [3.63, 3.8) is 0 Å². The summed E-state index contributed by atoms with van der Waals surface area (Å²) in [7, 11) is 3.98. The van der Waals surface area contributed by atoms with Gasteiger partial charge in [-0.05, 0) is 39.3 Å². The first-order chi connectivity index (χ1) is 7.16. The molecule has 5 heteroatoms. The number of anilines is 1. The first-order valence-electron chi connectivity index (χ1n) is 4.44. The fourth-order valence-electron chi connectivity index (χ4n) is 1.24. The summed E-state index contributed by atoms with van der Waals surface area (Å²) in [6, 6.07) is 7.92. The van der Waals surface area contributed by atoms with Crippen LogP contribution in [0.25, 0.3) is 11.5 Å². The van der Waals surface area contributed by atoms with Gasteiger partial charge in [-0.15, -0.1) is 0 Å². The van der Waals surface area contributed by atoms with Crippen LogP contribution in [0.2, 0.25) is 0 Å². The normalized spacial score (nSPS) is 10.3. The van der Waals surface area contributed by atoms with Crippen LogP contribution in [0.5, 0.6) is 0 Å².